The zero-order valence-electron chi connectivity index (χ0n) is 10.0. The smallest absolute Gasteiger partial charge is 0.0592 e. The minimum Gasteiger partial charge on any atom is -0.197 e. The average Bonchev–Trinajstić information content (AvgIpc) is 2.46. The number of nitrogens with zero attached hydrogens (tertiary/aromatic N) is 1. The molecular formula is C13H17NS. The van der Waals surface area contributed by atoms with Crippen molar-refractivity contribution in [1.82, 2.24) is 4.37 Å². The zero-order valence-corrected chi connectivity index (χ0v) is 10.8. The van der Waals surface area contributed by atoms with E-state index in [0.717, 1.165) is 0 Å². The summed E-state index contributed by atoms with van der Waals surface area (Å²) in [6, 6.07) is 4.39. The molecule has 2 heteroatoms. The standard InChI is InChI=1S/C13H17NS/c1-8-6-7-10-11(9(2)14-15-10)12(8)13(3,4)5/h6-7H,1-5H3. The van der Waals surface area contributed by atoms with Gasteiger partial charge in [0.15, 0.2) is 0 Å². The summed E-state index contributed by atoms with van der Waals surface area (Å²) < 4.78 is 5.76. The third kappa shape index (κ3) is 1.67. The maximum absolute atomic E-state index is 4.45. The molecule has 2 rings (SSSR count). The van der Waals surface area contributed by atoms with Crippen molar-refractivity contribution in [2.24, 2.45) is 0 Å². The van der Waals surface area contributed by atoms with Crippen molar-refractivity contribution >= 4 is 21.6 Å². The molecule has 0 aliphatic heterocycles. The van der Waals surface area contributed by atoms with Crippen molar-refractivity contribution in [1.29, 1.82) is 0 Å². The van der Waals surface area contributed by atoms with Gasteiger partial charge >= 0.3 is 0 Å². The first kappa shape index (κ1) is 10.6. The van der Waals surface area contributed by atoms with Crippen LogP contribution in [0.5, 0.6) is 0 Å². The molecule has 0 radical (unpaired) electrons. The van der Waals surface area contributed by atoms with Crippen LogP contribution in [0, 0.1) is 13.8 Å². The maximum Gasteiger partial charge on any atom is 0.0592 e. The SMILES string of the molecule is Cc1ccc2snc(C)c2c1C(C)(C)C. The van der Waals surface area contributed by atoms with Crippen molar-refractivity contribution in [2.75, 3.05) is 0 Å². The molecule has 0 atom stereocenters. The van der Waals surface area contributed by atoms with Gasteiger partial charge < -0.3 is 0 Å². The van der Waals surface area contributed by atoms with Crippen LogP contribution in [0.3, 0.4) is 0 Å². The molecule has 0 unspecified atom stereocenters. The Morgan fingerprint density at radius 3 is 2.40 bits per heavy atom. The highest BCUT2D eigenvalue weighted by Gasteiger charge is 2.21. The van der Waals surface area contributed by atoms with Crippen molar-refractivity contribution in [3.63, 3.8) is 0 Å². The van der Waals surface area contributed by atoms with Gasteiger partial charge in [-0.05, 0) is 48.0 Å². The van der Waals surface area contributed by atoms with Gasteiger partial charge in [0, 0.05) is 5.39 Å². The molecule has 0 bridgehead atoms. The van der Waals surface area contributed by atoms with Crippen LogP contribution in [0.1, 0.15) is 37.6 Å². The number of aryl methyl sites for hydroxylation is 2. The monoisotopic (exact) mass is 219 g/mol. The van der Waals surface area contributed by atoms with Gasteiger partial charge in [-0.15, -0.1) is 0 Å². The molecule has 80 valence electrons. The summed E-state index contributed by atoms with van der Waals surface area (Å²) in [4.78, 5) is 0. The molecule has 15 heavy (non-hydrogen) atoms. The highest BCUT2D eigenvalue weighted by atomic mass is 32.1. The first-order chi connectivity index (χ1) is 6.91. The van der Waals surface area contributed by atoms with Crippen LogP contribution in [0.2, 0.25) is 0 Å². The number of benzene rings is 1. The Hall–Kier alpha value is -0.890. The third-order valence-electron chi connectivity index (χ3n) is 2.77. The van der Waals surface area contributed by atoms with E-state index in [-0.39, 0.29) is 5.41 Å². The van der Waals surface area contributed by atoms with Crippen molar-refractivity contribution in [3.05, 3.63) is 29.0 Å². The largest absolute Gasteiger partial charge is 0.197 e. The van der Waals surface area contributed by atoms with Gasteiger partial charge in [-0.1, -0.05) is 26.8 Å². The molecule has 0 aliphatic carbocycles. The summed E-state index contributed by atoms with van der Waals surface area (Å²) >= 11 is 1.60. The molecule has 1 heterocycles. The van der Waals surface area contributed by atoms with Crippen LogP contribution >= 0.6 is 11.5 Å². The average molecular weight is 219 g/mol. The molecule has 2 aromatic rings. The van der Waals surface area contributed by atoms with E-state index in [1.807, 2.05) is 0 Å². The lowest BCUT2D eigenvalue weighted by Gasteiger charge is -2.23. The Balaban J connectivity index is 2.90. The summed E-state index contributed by atoms with van der Waals surface area (Å²) in [6.07, 6.45) is 0. The van der Waals surface area contributed by atoms with E-state index in [9.17, 15) is 0 Å². The van der Waals surface area contributed by atoms with Gasteiger partial charge in [0.25, 0.3) is 0 Å². The van der Waals surface area contributed by atoms with Crippen LogP contribution in [-0.4, -0.2) is 4.37 Å². The van der Waals surface area contributed by atoms with Crippen molar-refractivity contribution in [2.45, 2.75) is 40.0 Å². The first-order valence-corrected chi connectivity index (χ1v) is 6.04. The van der Waals surface area contributed by atoms with E-state index in [4.69, 9.17) is 0 Å². The lowest BCUT2D eigenvalue weighted by molar-refractivity contribution is 0.591. The summed E-state index contributed by atoms with van der Waals surface area (Å²) in [6.45, 7) is 11.1. The van der Waals surface area contributed by atoms with E-state index < -0.39 is 0 Å². The molecule has 0 fully saturated rings. The molecular weight excluding hydrogens is 202 g/mol. The third-order valence-corrected chi connectivity index (χ3v) is 3.67. The topological polar surface area (TPSA) is 12.9 Å². The predicted octanol–water partition coefficient (Wildman–Crippen LogP) is 4.21. The van der Waals surface area contributed by atoms with Crippen LogP contribution in [-0.2, 0) is 5.41 Å². The number of fused-ring (bicyclic) bond motifs is 1. The fourth-order valence-electron chi connectivity index (χ4n) is 2.25. The van der Waals surface area contributed by atoms with Crippen LogP contribution in [0.15, 0.2) is 12.1 Å². The van der Waals surface area contributed by atoms with Crippen LogP contribution < -0.4 is 0 Å². The number of hydrogen-bond donors (Lipinski definition) is 0. The zero-order chi connectivity index (χ0) is 11.2. The van der Waals surface area contributed by atoms with E-state index in [1.165, 1.54) is 26.9 Å². The van der Waals surface area contributed by atoms with Crippen molar-refractivity contribution in [3.8, 4) is 0 Å². The van der Waals surface area contributed by atoms with E-state index in [2.05, 4.69) is 51.1 Å². The second kappa shape index (κ2) is 3.31. The van der Waals surface area contributed by atoms with E-state index >= 15 is 0 Å². The normalized spacial score (nSPS) is 12.3. The van der Waals surface area contributed by atoms with Crippen LogP contribution in [0.4, 0.5) is 0 Å². The molecule has 0 N–H and O–H groups in total. The lowest BCUT2D eigenvalue weighted by atomic mass is 9.81. The number of hydrogen-bond acceptors (Lipinski definition) is 2. The molecule has 1 aromatic carbocycles. The Labute approximate surface area is 95.3 Å². The van der Waals surface area contributed by atoms with Gasteiger partial charge in [-0.3, -0.25) is 0 Å². The van der Waals surface area contributed by atoms with Gasteiger partial charge in [-0.2, -0.15) is 4.37 Å². The molecule has 1 aromatic heterocycles. The second-order valence-electron chi connectivity index (χ2n) is 5.15. The fraction of sp³-hybridized carbons (Fsp3) is 0.462. The fourth-order valence-corrected chi connectivity index (χ4v) is 3.05. The highest BCUT2D eigenvalue weighted by molar-refractivity contribution is 7.13. The lowest BCUT2D eigenvalue weighted by Crippen LogP contribution is -2.13. The molecule has 0 spiro atoms. The Kier molecular flexibility index (Phi) is 2.34. The van der Waals surface area contributed by atoms with E-state index in [1.54, 1.807) is 11.5 Å². The summed E-state index contributed by atoms with van der Waals surface area (Å²) in [5, 5.41) is 1.37. The van der Waals surface area contributed by atoms with Crippen LogP contribution in [0.25, 0.3) is 10.1 Å². The Bertz CT molecular complexity index is 503. The number of rotatable bonds is 0. The minimum atomic E-state index is 0.192. The minimum absolute atomic E-state index is 0.192. The second-order valence-corrected chi connectivity index (χ2v) is 5.95. The van der Waals surface area contributed by atoms with Gasteiger partial charge in [-0.25, -0.2) is 0 Å². The van der Waals surface area contributed by atoms with Gasteiger partial charge in [0.1, 0.15) is 0 Å². The Morgan fingerprint density at radius 1 is 1.13 bits per heavy atom. The summed E-state index contributed by atoms with van der Waals surface area (Å²) in [5.41, 5.74) is 4.19. The highest BCUT2D eigenvalue weighted by Crippen LogP contribution is 2.35. The molecule has 0 saturated heterocycles. The summed E-state index contributed by atoms with van der Waals surface area (Å²) in [7, 11) is 0. The molecule has 0 saturated carbocycles. The Morgan fingerprint density at radius 2 is 1.80 bits per heavy atom. The molecule has 0 amide bonds. The maximum atomic E-state index is 4.45. The number of aromatic nitrogens is 1. The van der Waals surface area contributed by atoms with Crippen molar-refractivity contribution < 1.29 is 0 Å². The van der Waals surface area contributed by atoms with Gasteiger partial charge in [0.05, 0.1) is 10.4 Å². The summed E-state index contributed by atoms with van der Waals surface area (Å²) in [5.74, 6) is 0. The molecule has 1 nitrogen and oxygen atoms in total. The first-order valence-electron chi connectivity index (χ1n) is 5.27. The van der Waals surface area contributed by atoms with Gasteiger partial charge in [0.2, 0.25) is 0 Å². The quantitative estimate of drug-likeness (QED) is 0.646. The predicted molar refractivity (Wildman–Crippen MR) is 67.8 cm³/mol. The molecule has 0 aliphatic rings. The van der Waals surface area contributed by atoms with E-state index in [0.29, 0.717) is 0 Å².